The summed E-state index contributed by atoms with van der Waals surface area (Å²) >= 11 is 0. The molecular weight excluding hydrogens is 244 g/mol. The fourth-order valence-corrected chi connectivity index (χ4v) is 1.26. The minimum Gasteiger partial charge on any atom is -0.458 e. The fourth-order valence-electron chi connectivity index (χ4n) is 1.26. The second kappa shape index (κ2) is 7.87. The van der Waals surface area contributed by atoms with Gasteiger partial charge in [-0.3, -0.25) is 0 Å². The second-order valence-corrected chi connectivity index (χ2v) is 3.63. The zero-order valence-electron chi connectivity index (χ0n) is 10.8. The lowest BCUT2D eigenvalue weighted by molar-refractivity contribution is -0.128. The largest absolute Gasteiger partial charge is 0.458 e. The predicted molar refractivity (Wildman–Crippen MR) is 72.0 cm³/mol. The first-order valence-corrected chi connectivity index (χ1v) is 5.93. The second-order valence-electron chi connectivity index (χ2n) is 3.63. The van der Waals surface area contributed by atoms with Gasteiger partial charge in [0, 0.05) is 6.08 Å². The summed E-state index contributed by atoms with van der Waals surface area (Å²) < 4.78 is 9.91. The van der Waals surface area contributed by atoms with E-state index < -0.39 is 11.9 Å². The molecular formula is C15H16O4. The number of esters is 2. The average Bonchev–Trinajstić information content (AvgIpc) is 2.44. The van der Waals surface area contributed by atoms with Gasteiger partial charge in [-0.2, -0.15) is 0 Å². The Hall–Kier alpha value is -2.36. The molecule has 0 saturated heterocycles. The molecule has 0 aliphatic heterocycles. The fraction of sp³-hybridized carbons (Fsp3) is 0.200. The maximum atomic E-state index is 11.6. The molecule has 1 aromatic rings. The van der Waals surface area contributed by atoms with Crippen LogP contribution in [0.25, 0.3) is 0 Å². The lowest BCUT2D eigenvalue weighted by atomic mass is 10.2. The van der Waals surface area contributed by atoms with E-state index in [1.165, 1.54) is 24.3 Å². The summed E-state index contributed by atoms with van der Waals surface area (Å²) in [6, 6.07) is 6.13. The summed E-state index contributed by atoms with van der Waals surface area (Å²) in [7, 11) is 0. The maximum absolute atomic E-state index is 11.6. The first kappa shape index (κ1) is 14.7. The van der Waals surface area contributed by atoms with E-state index in [2.05, 4.69) is 6.58 Å². The summed E-state index contributed by atoms with van der Waals surface area (Å²) in [6.45, 7) is 5.55. The van der Waals surface area contributed by atoms with Crippen molar-refractivity contribution in [1.82, 2.24) is 0 Å². The van der Waals surface area contributed by atoms with Crippen molar-refractivity contribution in [3.05, 3.63) is 54.6 Å². The van der Waals surface area contributed by atoms with E-state index in [9.17, 15) is 9.59 Å². The molecule has 0 heterocycles. The van der Waals surface area contributed by atoms with Crippen LogP contribution in [0.4, 0.5) is 0 Å². The molecule has 0 N–H and O–H groups in total. The van der Waals surface area contributed by atoms with E-state index in [4.69, 9.17) is 9.47 Å². The summed E-state index contributed by atoms with van der Waals surface area (Å²) in [4.78, 5) is 22.6. The Labute approximate surface area is 112 Å². The van der Waals surface area contributed by atoms with Gasteiger partial charge in [0.1, 0.15) is 12.4 Å². The molecule has 4 heteroatoms. The van der Waals surface area contributed by atoms with Crippen molar-refractivity contribution in [2.24, 2.45) is 0 Å². The Morgan fingerprint density at radius 1 is 1.21 bits per heavy atom. The van der Waals surface area contributed by atoms with Crippen molar-refractivity contribution >= 4 is 11.9 Å². The smallest absolute Gasteiger partial charge is 0.338 e. The zero-order valence-corrected chi connectivity index (χ0v) is 10.8. The number of carbonyl (C=O) groups excluding carboxylic acids is 2. The third-order valence-corrected chi connectivity index (χ3v) is 2.19. The van der Waals surface area contributed by atoms with Crippen LogP contribution in [-0.2, 0) is 9.53 Å². The number of hydrogen-bond acceptors (Lipinski definition) is 4. The number of rotatable bonds is 6. The highest BCUT2D eigenvalue weighted by molar-refractivity contribution is 5.89. The first-order chi connectivity index (χ1) is 9.17. The molecule has 0 aromatic heterocycles. The molecule has 0 atom stereocenters. The molecule has 0 aliphatic rings. The molecule has 4 nitrogen and oxygen atoms in total. The molecule has 0 fully saturated rings. The van der Waals surface area contributed by atoms with E-state index in [1.54, 1.807) is 6.08 Å². The van der Waals surface area contributed by atoms with Crippen LogP contribution in [0.15, 0.2) is 49.1 Å². The summed E-state index contributed by atoms with van der Waals surface area (Å²) in [5, 5.41) is 0. The maximum Gasteiger partial charge on any atom is 0.338 e. The summed E-state index contributed by atoms with van der Waals surface area (Å²) in [5.41, 5.74) is 0.406. The van der Waals surface area contributed by atoms with Gasteiger partial charge < -0.3 is 9.47 Å². The molecule has 1 rings (SSSR count). The Balaban J connectivity index is 2.55. The van der Waals surface area contributed by atoms with Gasteiger partial charge in [-0.1, -0.05) is 25.7 Å². The van der Waals surface area contributed by atoms with E-state index in [-0.39, 0.29) is 6.61 Å². The molecule has 0 radical (unpaired) electrons. The van der Waals surface area contributed by atoms with Crippen molar-refractivity contribution in [2.75, 3.05) is 6.61 Å². The van der Waals surface area contributed by atoms with Crippen LogP contribution in [0.1, 0.15) is 23.7 Å². The van der Waals surface area contributed by atoms with E-state index in [0.29, 0.717) is 11.3 Å². The highest BCUT2D eigenvalue weighted by Crippen LogP contribution is 2.13. The van der Waals surface area contributed by atoms with Crippen LogP contribution in [0, 0.1) is 0 Å². The van der Waals surface area contributed by atoms with Gasteiger partial charge in [0.2, 0.25) is 0 Å². The van der Waals surface area contributed by atoms with Crippen LogP contribution in [0.3, 0.4) is 0 Å². The first-order valence-electron chi connectivity index (χ1n) is 5.93. The van der Waals surface area contributed by atoms with Gasteiger partial charge in [-0.15, -0.1) is 0 Å². The van der Waals surface area contributed by atoms with Crippen molar-refractivity contribution in [3.8, 4) is 5.75 Å². The van der Waals surface area contributed by atoms with Crippen LogP contribution >= 0.6 is 0 Å². The molecule has 0 unspecified atom stereocenters. The highest BCUT2D eigenvalue weighted by Gasteiger charge is 2.07. The normalized spacial score (nSPS) is 10.2. The minimum atomic E-state index is -0.542. The molecule has 0 amide bonds. The summed E-state index contributed by atoms with van der Waals surface area (Å²) in [6.07, 6.45) is 5.69. The number of carbonyl (C=O) groups is 2. The number of benzene rings is 1. The van der Waals surface area contributed by atoms with Crippen molar-refractivity contribution in [2.45, 2.75) is 13.3 Å². The molecule has 1 aromatic carbocycles. The lowest BCUT2D eigenvalue weighted by Crippen LogP contribution is -2.06. The number of ether oxygens (including phenoxy) is 2. The SMILES string of the molecule is C=CC(=O)Oc1ccc(C(=O)OC/C=C/CC)cc1. The predicted octanol–water partition coefficient (Wildman–Crippen LogP) is 2.90. The van der Waals surface area contributed by atoms with Crippen LogP contribution in [0.2, 0.25) is 0 Å². The van der Waals surface area contributed by atoms with Crippen molar-refractivity contribution in [1.29, 1.82) is 0 Å². The van der Waals surface area contributed by atoms with Gasteiger partial charge in [0.05, 0.1) is 5.56 Å². The molecule has 0 saturated carbocycles. The minimum absolute atomic E-state index is 0.250. The topological polar surface area (TPSA) is 52.6 Å². The number of hydrogen-bond donors (Lipinski definition) is 0. The highest BCUT2D eigenvalue weighted by atomic mass is 16.5. The van der Waals surface area contributed by atoms with Gasteiger partial charge >= 0.3 is 11.9 Å². The quantitative estimate of drug-likeness (QED) is 0.341. The molecule has 19 heavy (non-hydrogen) atoms. The lowest BCUT2D eigenvalue weighted by Gasteiger charge is -2.04. The van der Waals surface area contributed by atoms with Gasteiger partial charge in [-0.05, 0) is 30.7 Å². The zero-order chi connectivity index (χ0) is 14.1. The number of allylic oxidation sites excluding steroid dienone is 1. The van der Waals surface area contributed by atoms with Crippen LogP contribution in [0.5, 0.6) is 5.75 Å². The van der Waals surface area contributed by atoms with E-state index in [0.717, 1.165) is 12.5 Å². The molecule has 0 bridgehead atoms. The van der Waals surface area contributed by atoms with Crippen LogP contribution in [-0.4, -0.2) is 18.5 Å². The monoisotopic (exact) mass is 260 g/mol. The Morgan fingerprint density at radius 3 is 2.47 bits per heavy atom. The Morgan fingerprint density at radius 2 is 1.89 bits per heavy atom. The van der Waals surface area contributed by atoms with Crippen molar-refractivity contribution in [3.63, 3.8) is 0 Å². The standard InChI is InChI=1S/C15H16O4/c1-3-5-6-11-18-15(17)12-7-9-13(10-8-12)19-14(16)4-2/h4-10H,2-3,11H2,1H3/b6-5+. The summed E-state index contributed by atoms with van der Waals surface area (Å²) in [5.74, 6) is -0.602. The Kier molecular flexibility index (Phi) is 6.09. The Bertz CT molecular complexity index is 471. The third-order valence-electron chi connectivity index (χ3n) is 2.19. The van der Waals surface area contributed by atoms with E-state index >= 15 is 0 Å². The van der Waals surface area contributed by atoms with Gasteiger partial charge in [-0.25, -0.2) is 9.59 Å². The average molecular weight is 260 g/mol. The molecule has 100 valence electrons. The molecule has 0 aliphatic carbocycles. The van der Waals surface area contributed by atoms with E-state index in [1.807, 2.05) is 13.0 Å². The third kappa shape index (κ3) is 5.21. The van der Waals surface area contributed by atoms with Gasteiger partial charge in [0.25, 0.3) is 0 Å². The molecule has 0 spiro atoms. The van der Waals surface area contributed by atoms with Crippen molar-refractivity contribution < 1.29 is 19.1 Å². The van der Waals surface area contributed by atoms with Crippen LogP contribution < -0.4 is 4.74 Å². The van der Waals surface area contributed by atoms with Gasteiger partial charge in [0.15, 0.2) is 0 Å².